The molecule has 1 fully saturated rings. The number of ether oxygens (including phenoxy) is 1. The maximum Gasteiger partial charge on any atom is 0.361 e. The van der Waals surface area contributed by atoms with Crippen molar-refractivity contribution in [1.29, 1.82) is 0 Å². The van der Waals surface area contributed by atoms with E-state index in [2.05, 4.69) is 5.16 Å². The normalized spacial score (nSPS) is 16.8. The van der Waals surface area contributed by atoms with Gasteiger partial charge in [-0.05, 0) is 19.8 Å². The van der Waals surface area contributed by atoms with Crippen LogP contribution < -0.4 is 0 Å². The van der Waals surface area contributed by atoms with Gasteiger partial charge in [-0.2, -0.15) is 8.42 Å². The van der Waals surface area contributed by atoms with Gasteiger partial charge < -0.3 is 4.74 Å². The molecule has 0 aromatic heterocycles. The number of hydrogen-bond donors (Lipinski definition) is 0. The first-order chi connectivity index (χ1) is 11.0. The third kappa shape index (κ3) is 4.79. The minimum absolute atomic E-state index is 0.146. The number of benzene rings is 1. The van der Waals surface area contributed by atoms with Crippen LogP contribution in [0.3, 0.4) is 0 Å². The molecule has 1 aromatic carbocycles. The summed E-state index contributed by atoms with van der Waals surface area (Å²) >= 11 is 0. The summed E-state index contributed by atoms with van der Waals surface area (Å²) < 4.78 is 34.2. The van der Waals surface area contributed by atoms with Gasteiger partial charge in [-0.1, -0.05) is 54.8 Å². The maximum atomic E-state index is 12.2. The highest BCUT2D eigenvalue weighted by molar-refractivity contribution is 7.87. The summed E-state index contributed by atoms with van der Waals surface area (Å²) in [4.78, 5) is 12.0. The molecule has 1 aromatic rings. The number of esters is 1. The second-order valence-corrected chi connectivity index (χ2v) is 7.16. The summed E-state index contributed by atoms with van der Waals surface area (Å²) in [7, 11) is -3.83. The Labute approximate surface area is 136 Å². The van der Waals surface area contributed by atoms with Gasteiger partial charge in [0.15, 0.2) is 5.71 Å². The zero-order valence-corrected chi connectivity index (χ0v) is 13.9. The summed E-state index contributed by atoms with van der Waals surface area (Å²) in [6.45, 7) is 1.83. The van der Waals surface area contributed by atoms with Crippen molar-refractivity contribution in [2.24, 2.45) is 5.16 Å². The first-order valence-electron chi connectivity index (χ1n) is 7.77. The van der Waals surface area contributed by atoms with E-state index in [1.807, 2.05) is 0 Å². The lowest BCUT2D eigenvalue weighted by atomic mass is 10.0. The van der Waals surface area contributed by atoms with E-state index in [0.717, 1.165) is 19.3 Å². The van der Waals surface area contributed by atoms with Crippen LogP contribution in [0.2, 0.25) is 0 Å². The Kier molecular flexibility index (Phi) is 6.15. The molecule has 0 N–H and O–H groups in total. The Hall–Kier alpha value is -1.89. The zero-order chi connectivity index (χ0) is 16.7. The predicted molar refractivity (Wildman–Crippen MR) is 86.5 cm³/mol. The molecule has 0 bridgehead atoms. The van der Waals surface area contributed by atoms with E-state index < -0.39 is 21.3 Å². The Bertz CT molecular complexity index is 648. The Balaban J connectivity index is 2.21. The molecule has 2 rings (SSSR count). The van der Waals surface area contributed by atoms with Crippen LogP contribution in [-0.4, -0.2) is 32.0 Å². The van der Waals surface area contributed by atoms with Crippen molar-refractivity contribution in [2.75, 3.05) is 6.61 Å². The van der Waals surface area contributed by atoms with Gasteiger partial charge in [-0.25, -0.2) is 4.79 Å². The van der Waals surface area contributed by atoms with Crippen LogP contribution in [0.5, 0.6) is 0 Å². The van der Waals surface area contributed by atoms with Crippen molar-refractivity contribution >= 4 is 21.8 Å². The Morgan fingerprint density at radius 3 is 2.43 bits per heavy atom. The largest absolute Gasteiger partial charge is 0.461 e. The molecule has 0 heterocycles. The van der Waals surface area contributed by atoms with Gasteiger partial charge in [-0.3, -0.25) is 4.28 Å². The lowest BCUT2D eigenvalue weighted by Crippen LogP contribution is -2.26. The summed E-state index contributed by atoms with van der Waals surface area (Å²) in [6, 6.07) is 8.52. The van der Waals surface area contributed by atoms with Gasteiger partial charge in [-0.15, -0.1) is 0 Å². The molecule has 7 heteroatoms. The first-order valence-corrected chi connectivity index (χ1v) is 9.24. The van der Waals surface area contributed by atoms with Crippen molar-refractivity contribution in [1.82, 2.24) is 0 Å². The third-order valence-corrected chi connectivity index (χ3v) is 5.28. The predicted octanol–water partition coefficient (Wildman–Crippen LogP) is 2.63. The van der Waals surface area contributed by atoms with E-state index in [9.17, 15) is 13.2 Å². The molecule has 23 heavy (non-hydrogen) atoms. The first kappa shape index (κ1) is 17.5. The van der Waals surface area contributed by atoms with Crippen LogP contribution >= 0.6 is 0 Å². The molecule has 0 saturated heterocycles. The number of rotatable bonds is 6. The van der Waals surface area contributed by atoms with E-state index in [0.29, 0.717) is 18.4 Å². The van der Waals surface area contributed by atoms with E-state index >= 15 is 0 Å². The summed E-state index contributed by atoms with van der Waals surface area (Å²) in [5.74, 6) is -0.711. The molecule has 126 valence electrons. The summed E-state index contributed by atoms with van der Waals surface area (Å²) in [5.41, 5.74) is 0.302. The van der Waals surface area contributed by atoms with E-state index in [1.54, 1.807) is 37.3 Å². The fraction of sp³-hybridized carbons (Fsp3) is 0.500. The maximum absolute atomic E-state index is 12.2. The number of oxime groups is 1. The van der Waals surface area contributed by atoms with Crippen molar-refractivity contribution in [2.45, 2.75) is 44.3 Å². The minimum Gasteiger partial charge on any atom is -0.461 e. The highest BCUT2D eigenvalue weighted by Gasteiger charge is 2.30. The average Bonchev–Trinajstić information content (AvgIpc) is 2.57. The van der Waals surface area contributed by atoms with Crippen LogP contribution in [0.4, 0.5) is 0 Å². The van der Waals surface area contributed by atoms with Gasteiger partial charge in [0.2, 0.25) is 0 Å². The average molecular weight is 339 g/mol. The molecule has 1 saturated carbocycles. The SMILES string of the molecule is CCOC(=O)/C(=N\OS(=O)(=O)C1CCCCC1)c1ccccc1. The molecule has 0 radical (unpaired) electrons. The highest BCUT2D eigenvalue weighted by Crippen LogP contribution is 2.25. The van der Waals surface area contributed by atoms with Gasteiger partial charge >= 0.3 is 16.1 Å². The van der Waals surface area contributed by atoms with Gasteiger partial charge in [0, 0.05) is 5.56 Å². The van der Waals surface area contributed by atoms with E-state index in [4.69, 9.17) is 9.02 Å². The van der Waals surface area contributed by atoms with Crippen molar-refractivity contribution in [3.05, 3.63) is 35.9 Å². The van der Waals surface area contributed by atoms with Gasteiger partial charge in [0.25, 0.3) is 0 Å². The monoisotopic (exact) mass is 339 g/mol. The van der Waals surface area contributed by atoms with Gasteiger partial charge in [0.05, 0.1) is 11.9 Å². The van der Waals surface area contributed by atoms with E-state index in [-0.39, 0.29) is 12.3 Å². The Morgan fingerprint density at radius 2 is 1.83 bits per heavy atom. The molecule has 6 nitrogen and oxygen atoms in total. The molecule has 0 amide bonds. The van der Waals surface area contributed by atoms with Crippen LogP contribution in [-0.2, 0) is 23.9 Å². The lowest BCUT2D eigenvalue weighted by molar-refractivity contribution is -0.135. The number of nitrogens with zero attached hydrogens (tertiary/aromatic N) is 1. The molecule has 1 aliphatic rings. The van der Waals surface area contributed by atoms with E-state index in [1.165, 1.54) is 0 Å². The van der Waals surface area contributed by atoms with Crippen LogP contribution in [0.25, 0.3) is 0 Å². The Morgan fingerprint density at radius 1 is 1.17 bits per heavy atom. The van der Waals surface area contributed by atoms with Crippen LogP contribution in [0.15, 0.2) is 35.5 Å². The number of hydrogen-bond acceptors (Lipinski definition) is 6. The zero-order valence-electron chi connectivity index (χ0n) is 13.1. The van der Waals surface area contributed by atoms with Crippen LogP contribution in [0, 0.1) is 0 Å². The summed E-state index contributed by atoms with van der Waals surface area (Å²) in [6.07, 6.45) is 3.89. The third-order valence-electron chi connectivity index (χ3n) is 3.71. The molecular weight excluding hydrogens is 318 g/mol. The van der Waals surface area contributed by atoms with Crippen molar-refractivity contribution < 1.29 is 22.2 Å². The second-order valence-electron chi connectivity index (χ2n) is 5.35. The second kappa shape index (κ2) is 8.10. The molecule has 1 aliphatic carbocycles. The van der Waals surface area contributed by atoms with Crippen molar-refractivity contribution in [3.8, 4) is 0 Å². The molecule has 0 unspecified atom stereocenters. The smallest absolute Gasteiger partial charge is 0.361 e. The number of carbonyl (C=O) groups excluding carboxylic acids is 1. The van der Waals surface area contributed by atoms with Gasteiger partial charge in [0.1, 0.15) is 0 Å². The van der Waals surface area contributed by atoms with Crippen LogP contribution in [0.1, 0.15) is 44.6 Å². The fourth-order valence-electron chi connectivity index (χ4n) is 2.51. The molecule has 0 aliphatic heterocycles. The standard InChI is InChI=1S/C16H21NO5S/c1-2-21-16(18)15(13-9-5-3-6-10-13)17-22-23(19,20)14-11-7-4-8-12-14/h3,5-6,9-10,14H,2,4,7-8,11-12H2,1H3/b17-15-. The van der Waals surface area contributed by atoms with Crippen molar-refractivity contribution in [3.63, 3.8) is 0 Å². The molecule has 0 spiro atoms. The fourth-order valence-corrected chi connectivity index (χ4v) is 3.72. The topological polar surface area (TPSA) is 82.0 Å². The number of carbonyl (C=O) groups is 1. The lowest BCUT2D eigenvalue weighted by Gasteiger charge is -2.19. The highest BCUT2D eigenvalue weighted by atomic mass is 32.2. The summed E-state index contributed by atoms with van der Waals surface area (Å²) in [5, 5.41) is 3.06. The molecule has 0 atom stereocenters. The molecular formula is C16H21NO5S. The quantitative estimate of drug-likeness (QED) is 0.452. The minimum atomic E-state index is -3.83.